The number of carbonyl (C=O) groups excluding carboxylic acids is 2. The fourth-order valence-corrected chi connectivity index (χ4v) is 3.11. The van der Waals surface area contributed by atoms with Gasteiger partial charge in [0.1, 0.15) is 11.5 Å². The van der Waals surface area contributed by atoms with Gasteiger partial charge in [-0.3, -0.25) is 14.7 Å². The standard InChI is InChI=1S/C19H23FN4O2/c1-11(2)16-9-17(23-22-16)19(26)24-7-6-14(10-24)21-18(25)15-5-4-13(20)8-12(15)3/h4-5,8-9,11,14H,6-7,10H2,1-3H3,(H,21,25)(H,22,23). The molecule has 1 fully saturated rings. The molecule has 138 valence electrons. The van der Waals surface area contributed by atoms with Crippen LogP contribution in [0.3, 0.4) is 0 Å². The van der Waals surface area contributed by atoms with Gasteiger partial charge in [0.15, 0.2) is 0 Å². The number of amides is 2. The Labute approximate surface area is 151 Å². The number of aromatic amines is 1. The Balaban J connectivity index is 1.61. The molecule has 0 spiro atoms. The number of H-pyrrole nitrogens is 1. The summed E-state index contributed by atoms with van der Waals surface area (Å²) in [5.41, 5.74) is 2.36. The van der Waals surface area contributed by atoms with E-state index in [0.717, 1.165) is 5.69 Å². The molecule has 1 aromatic heterocycles. The van der Waals surface area contributed by atoms with Gasteiger partial charge in [-0.05, 0) is 49.1 Å². The molecule has 6 nitrogen and oxygen atoms in total. The Kier molecular flexibility index (Phi) is 5.06. The third kappa shape index (κ3) is 3.76. The number of rotatable bonds is 4. The Morgan fingerprint density at radius 3 is 2.77 bits per heavy atom. The quantitative estimate of drug-likeness (QED) is 0.882. The van der Waals surface area contributed by atoms with Crippen molar-refractivity contribution in [3.63, 3.8) is 0 Å². The molecule has 1 atom stereocenters. The normalized spacial score (nSPS) is 17.0. The third-order valence-electron chi connectivity index (χ3n) is 4.68. The van der Waals surface area contributed by atoms with Gasteiger partial charge in [0.25, 0.3) is 11.8 Å². The summed E-state index contributed by atoms with van der Waals surface area (Å²) in [5, 5.41) is 9.92. The lowest BCUT2D eigenvalue weighted by atomic mass is 10.1. The molecule has 1 saturated heterocycles. The second-order valence-electron chi connectivity index (χ2n) is 7.03. The summed E-state index contributed by atoms with van der Waals surface area (Å²) in [6, 6.07) is 5.74. The van der Waals surface area contributed by atoms with Crippen LogP contribution in [0.15, 0.2) is 24.3 Å². The highest BCUT2D eigenvalue weighted by atomic mass is 19.1. The lowest BCUT2D eigenvalue weighted by molar-refractivity contribution is 0.0777. The van der Waals surface area contributed by atoms with Crippen LogP contribution < -0.4 is 5.32 Å². The van der Waals surface area contributed by atoms with Crippen molar-refractivity contribution in [3.05, 3.63) is 52.6 Å². The van der Waals surface area contributed by atoms with Crippen molar-refractivity contribution in [3.8, 4) is 0 Å². The number of hydrogen-bond acceptors (Lipinski definition) is 3. The number of aryl methyl sites for hydroxylation is 1. The second kappa shape index (κ2) is 7.27. The van der Waals surface area contributed by atoms with Crippen LogP contribution in [0.2, 0.25) is 0 Å². The minimum absolute atomic E-state index is 0.126. The van der Waals surface area contributed by atoms with E-state index in [4.69, 9.17) is 0 Å². The maximum atomic E-state index is 13.2. The van der Waals surface area contributed by atoms with Gasteiger partial charge in [-0.25, -0.2) is 4.39 Å². The topological polar surface area (TPSA) is 78.1 Å². The second-order valence-corrected chi connectivity index (χ2v) is 7.03. The average molecular weight is 358 g/mol. The fourth-order valence-electron chi connectivity index (χ4n) is 3.11. The lowest BCUT2D eigenvalue weighted by Crippen LogP contribution is -2.38. The molecule has 2 aromatic rings. The number of halogens is 1. The molecule has 0 bridgehead atoms. The van der Waals surface area contributed by atoms with Crippen LogP contribution >= 0.6 is 0 Å². The average Bonchev–Trinajstić information content (AvgIpc) is 3.23. The molecule has 1 aliphatic rings. The van der Waals surface area contributed by atoms with E-state index in [-0.39, 0.29) is 29.6 Å². The van der Waals surface area contributed by atoms with E-state index in [0.29, 0.717) is 36.3 Å². The van der Waals surface area contributed by atoms with E-state index in [1.165, 1.54) is 18.2 Å². The predicted molar refractivity (Wildman–Crippen MR) is 95.6 cm³/mol. The predicted octanol–water partition coefficient (Wildman–Crippen LogP) is 2.63. The van der Waals surface area contributed by atoms with E-state index >= 15 is 0 Å². The van der Waals surface area contributed by atoms with Crippen LogP contribution in [0, 0.1) is 12.7 Å². The largest absolute Gasteiger partial charge is 0.347 e. The third-order valence-corrected chi connectivity index (χ3v) is 4.68. The number of aromatic nitrogens is 2. The van der Waals surface area contributed by atoms with Gasteiger partial charge in [-0.15, -0.1) is 0 Å². The van der Waals surface area contributed by atoms with Crippen molar-refractivity contribution in [1.82, 2.24) is 20.4 Å². The summed E-state index contributed by atoms with van der Waals surface area (Å²) in [6.07, 6.45) is 0.680. The molecule has 0 saturated carbocycles. The van der Waals surface area contributed by atoms with Crippen LogP contribution in [-0.4, -0.2) is 46.0 Å². The number of likely N-dealkylation sites (tertiary alicyclic amines) is 1. The van der Waals surface area contributed by atoms with Gasteiger partial charge >= 0.3 is 0 Å². The SMILES string of the molecule is Cc1cc(F)ccc1C(=O)NC1CCN(C(=O)c2cc(C(C)C)[nH]n2)C1. The number of benzene rings is 1. The van der Waals surface area contributed by atoms with Crippen LogP contribution in [0.4, 0.5) is 4.39 Å². The molecule has 1 aliphatic heterocycles. The summed E-state index contributed by atoms with van der Waals surface area (Å²) in [4.78, 5) is 26.7. The first-order chi connectivity index (χ1) is 12.3. The Hall–Kier alpha value is -2.70. The van der Waals surface area contributed by atoms with E-state index < -0.39 is 0 Å². The van der Waals surface area contributed by atoms with Crippen molar-refractivity contribution in [2.75, 3.05) is 13.1 Å². The Morgan fingerprint density at radius 2 is 2.12 bits per heavy atom. The molecule has 2 heterocycles. The van der Waals surface area contributed by atoms with Gasteiger partial charge in [-0.2, -0.15) is 5.10 Å². The van der Waals surface area contributed by atoms with Gasteiger partial charge < -0.3 is 10.2 Å². The summed E-state index contributed by atoms with van der Waals surface area (Å²) in [6.45, 7) is 6.76. The highest BCUT2D eigenvalue weighted by Crippen LogP contribution is 2.17. The maximum absolute atomic E-state index is 13.2. The first-order valence-electron chi connectivity index (χ1n) is 8.76. The summed E-state index contributed by atoms with van der Waals surface area (Å²) in [7, 11) is 0. The van der Waals surface area contributed by atoms with Crippen LogP contribution in [0.1, 0.15) is 58.3 Å². The van der Waals surface area contributed by atoms with Crippen LogP contribution in [0.5, 0.6) is 0 Å². The van der Waals surface area contributed by atoms with E-state index in [1.54, 1.807) is 17.9 Å². The molecule has 26 heavy (non-hydrogen) atoms. The molecule has 1 unspecified atom stereocenters. The zero-order valence-corrected chi connectivity index (χ0v) is 15.2. The lowest BCUT2D eigenvalue weighted by Gasteiger charge is -2.16. The molecule has 3 rings (SSSR count). The minimum atomic E-state index is -0.364. The molecule has 7 heteroatoms. The van der Waals surface area contributed by atoms with Crippen LogP contribution in [-0.2, 0) is 0 Å². The van der Waals surface area contributed by atoms with E-state index in [2.05, 4.69) is 15.5 Å². The first-order valence-corrected chi connectivity index (χ1v) is 8.76. The number of carbonyl (C=O) groups is 2. The molecule has 1 aromatic carbocycles. The van der Waals surface area contributed by atoms with Crippen molar-refractivity contribution >= 4 is 11.8 Å². The van der Waals surface area contributed by atoms with E-state index in [9.17, 15) is 14.0 Å². The van der Waals surface area contributed by atoms with Crippen LogP contribution in [0.25, 0.3) is 0 Å². The smallest absolute Gasteiger partial charge is 0.274 e. The number of hydrogen-bond donors (Lipinski definition) is 2. The fraction of sp³-hybridized carbons (Fsp3) is 0.421. The number of nitrogens with zero attached hydrogens (tertiary/aromatic N) is 2. The zero-order valence-electron chi connectivity index (χ0n) is 15.2. The highest BCUT2D eigenvalue weighted by Gasteiger charge is 2.29. The molecule has 2 N–H and O–H groups in total. The van der Waals surface area contributed by atoms with Crippen molar-refractivity contribution in [2.24, 2.45) is 0 Å². The van der Waals surface area contributed by atoms with Crippen molar-refractivity contribution in [1.29, 1.82) is 0 Å². The summed E-state index contributed by atoms with van der Waals surface area (Å²) in [5.74, 6) is -0.475. The summed E-state index contributed by atoms with van der Waals surface area (Å²) >= 11 is 0. The van der Waals surface area contributed by atoms with Crippen molar-refractivity contribution in [2.45, 2.75) is 39.2 Å². The molecule has 2 amide bonds. The molecular weight excluding hydrogens is 335 g/mol. The number of nitrogens with one attached hydrogen (secondary N) is 2. The first kappa shape index (κ1) is 18.1. The molecule has 0 radical (unpaired) electrons. The molecular formula is C19H23FN4O2. The van der Waals surface area contributed by atoms with Gasteiger partial charge in [-0.1, -0.05) is 13.8 Å². The van der Waals surface area contributed by atoms with Crippen molar-refractivity contribution < 1.29 is 14.0 Å². The minimum Gasteiger partial charge on any atom is -0.347 e. The molecule has 0 aliphatic carbocycles. The Bertz CT molecular complexity index is 831. The monoisotopic (exact) mass is 358 g/mol. The van der Waals surface area contributed by atoms with Gasteiger partial charge in [0, 0.05) is 30.4 Å². The maximum Gasteiger partial charge on any atom is 0.274 e. The highest BCUT2D eigenvalue weighted by molar-refractivity contribution is 5.96. The Morgan fingerprint density at radius 1 is 1.35 bits per heavy atom. The summed E-state index contributed by atoms with van der Waals surface area (Å²) < 4.78 is 13.2. The van der Waals surface area contributed by atoms with Gasteiger partial charge in [0.05, 0.1) is 0 Å². The van der Waals surface area contributed by atoms with E-state index in [1.807, 2.05) is 13.8 Å². The zero-order chi connectivity index (χ0) is 18.8. The van der Waals surface area contributed by atoms with Gasteiger partial charge in [0.2, 0.25) is 0 Å².